The number of carbonyl (C=O) groups is 1. The van der Waals surface area contributed by atoms with Crippen LogP contribution in [0.3, 0.4) is 0 Å². The standard InChI is InChI=1S/C20H21F3N2O.ClH/c1-19(2,16-4-3-5-17(9-16)20(21,22)23)18(26)25-10-13-6-7-14-11-24-12-15(14)8-13;/h3-9,24H,10-12H2,1-2H3,(H,25,26);1H. The number of benzene rings is 2. The van der Waals surface area contributed by atoms with Crippen molar-refractivity contribution in [2.75, 3.05) is 0 Å². The average Bonchev–Trinajstić information content (AvgIpc) is 3.06. The summed E-state index contributed by atoms with van der Waals surface area (Å²) in [6.07, 6.45) is -4.43. The van der Waals surface area contributed by atoms with Crippen molar-refractivity contribution in [1.29, 1.82) is 0 Å². The van der Waals surface area contributed by atoms with Gasteiger partial charge in [0, 0.05) is 19.6 Å². The van der Waals surface area contributed by atoms with Gasteiger partial charge in [-0.25, -0.2) is 0 Å². The second-order valence-electron chi connectivity index (χ2n) is 7.09. The minimum Gasteiger partial charge on any atom is -0.351 e. The third-order valence-electron chi connectivity index (χ3n) is 4.83. The first-order valence-electron chi connectivity index (χ1n) is 8.45. The van der Waals surface area contributed by atoms with Crippen LogP contribution in [0.2, 0.25) is 0 Å². The number of hydrogen-bond donors (Lipinski definition) is 2. The zero-order valence-electron chi connectivity index (χ0n) is 15.1. The maximum atomic E-state index is 12.9. The van der Waals surface area contributed by atoms with Gasteiger partial charge in [-0.2, -0.15) is 13.2 Å². The number of rotatable bonds is 4. The highest BCUT2D eigenvalue weighted by atomic mass is 35.5. The summed E-state index contributed by atoms with van der Waals surface area (Å²) in [6, 6.07) is 11.0. The molecule has 0 saturated heterocycles. The SMILES string of the molecule is CC(C)(C(=O)NCc1ccc2c(c1)CNC2)c1cccc(C(F)(F)F)c1.Cl. The molecule has 1 amide bonds. The van der Waals surface area contributed by atoms with Gasteiger partial charge in [0.15, 0.2) is 0 Å². The molecule has 3 nitrogen and oxygen atoms in total. The van der Waals surface area contributed by atoms with Crippen molar-refractivity contribution in [3.63, 3.8) is 0 Å². The smallest absolute Gasteiger partial charge is 0.351 e. The van der Waals surface area contributed by atoms with Crippen molar-refractivity contribution in [2.45, 2.75) is 45.1 Å². The number of hydrogen-bond acceptors (Lipinski definition) is 2. The lowest BCUT2D eigenvalue weighted by Gasteiger charge is -2.25. The van der Waals surface area contributed by atoms with Gasteiger partial charge >= 0.3 is 6.18 Å². The molecular formula is C20H22ClF3N2O. The molecule has 2 aromatic rings. The molecule has 0 aliphatic carbocycles. The van der Waals surface area contributed by atoms with Crippen LogP contribution in [-0.2, 0) is 36.0 Å². The maximum absolute atomic E-state index is 12.9. The normalized spacial score (nSPS) is 13.7. The van der Waals surface area contributed by atoms with Crippen molar-refractivity contribution in [3.05, 3.63) is 70.3 Å². The van der Waals surface area contributed by atoms with Crippen LogP contribution in [0.1, 0.15) is 41.7 Å². The molecular weight excluding hydrogens is 377 g/mol. The fourth-order valence-electron chi connectivity index (χ4n) is 3.08. The molecule has 7 heteroatoms. The van der Waals surface area contributed by atoms with Crippen molar-refractivity contribution >= 4 is 18.3 Å². The predicted molar refractivity (Wildman–Crippen MR) is 101 cm³/mol. The van der Waals surface area contributed by atoms with Crippen LogP contribution in [0.15, 0.2) is 42.5 Å². The van der Waals surface area contributed by atoms with Crippen molar-refractivity contribution in [2.24, 2.45) is 0 Å². The molecule has 2 N–H and O–H groups in total. The molecule has 1 aliphatic rings. The number of halogens is 4. The van der Waals surface area contributed by atoms with Gasteiger partial charge in [0.2, 0.25) is 5.91 Å². The Kier molecular flexibility index (Phi) is 6.22. The lowest BCUT2D eigenvalue weighted by atomic mass is 9.83. The molecule has 0 spiro atoms. The van der Waals surface area contributed by atoms with Crippen LogP contribution in [0.4, 0.5) is 13.2 Å². The second-order valence-corrected chi connectivity index (χ2v) is 7.09. The molecule has 0 saturated carbocycles. The highest BCUT2D eigenvalue weighted by Gasteiger charge is 2.34. The Bertz CT molecular complexity index is 834. The molecule has 27 heavy (non-hydrogen) atoms. The largest absolute Gasteiger partial charge is 0.416 e. The molecule has 0 unspecified atom stereocenters. The van der Waals surface area contributed by atoms with E-state index in [1.807, 2.05) is 18.2 Å². The fraction of sp³-hybridized carbons (Fsp3) is 0.350. The molecule has 2 aromatic carbocycles. The number of nitrogens with one attached hydrogen (secondary N) is 2. The van der Waals surface area contributed by atoms with Crippen molar-refractivity contribution < 1.29 is 18.0 Å². The zero-order chi connectivity index (χ0) is 18.9. The third-order valence-corrected chi connectivity index (χ3v) is 4.83. The minimum absolute atomic E-state index is 0. The fourth-order valence-corrected chi connectivity index (χ4v) is 3.08. The Morgan fingerprint density at radius 2 is 1.70 bits per heavy atom. The Labute approximate surface area is 162 Å². The van der Waals surface area contributed by atoms with Gasteiger partial charge in [0.1, 0.15) is 0 Å². The van der Waals surface area contributed by atoms with Crippen LogP contribution in [0, 0.1) is 0 Å². The van der Waals surface area contributed by atoms with Crippen molar-refractivity contribution in [1.82, 2.24) is 10.6 Å². The van der Waals surface area contributed by atoms with Crippen LogP contribution in [0.5, 0.6) is 0 Å². The lowest BCUT2D eigenvalue weighted by Crippen LogP contribution is -2.39. The van der Waals surface area contributed by atoms with Crippen LogP contribution >= 0.6 is 12.4 Å². The molecule has 146 valence electrons. The summed E-state index contributed by atoms with van der Waals surface area (Å²) in [6.45, 7) is 5.26. The molecule has 0 fully saturated rings. The van der Waals surface area contributed by atoms with Crippen LogP contribution in [-0.4, -0.2) is 5.91 Å². The predicted octanol–water partition coefficient (Wildman–Crippen LogP) is 4.32. The maximum Gasteiger partial charge on any atom is 0.416 e. The average molecular weight is 399 g/mol. The van der Waals surface area contributed by atoms with Crippen LogP contribution in [0.25, 0.3) is 0 Å². The van der Waals surface area contributed by atoms with E-state index in [9.17, 15) is 18.0 Å². The van der Waals surface area contributed by atoms with Gasteiger partial charge in [0.05, 0.1) is 11.0 Å². The summed E-state index contributed by atoms with van der Waals surface area (Å²) >= 11 is 0. The number of alkyl halides is 3. The van der Waals surface area contributed by atoms with Crippen molar-refractivity contribution in [3.8, 4) is 0 Å². The number of fused-ring (bicyclic) bond motifs is 1. The summed E-state index contributed by atoms with van der Waals surface area (Å²) in [5.41, 5.74) is 1.96. The van der Waals surface area contributed by atoms with Gasteiger partial charge in [0.25, 0.3) is 0 Å². The second kappa shape index (κ2) is 7.90. The molecule has 1 heterocycles. The highest BCUT2D eigenvalue weighted by Crippen LogP contribution is 2.33. The monoisotopic (exact) mass is 398 g/mol. The minimum atomic E-state index is -4.43. The topological polar surface area (TPSA) is 41.1 Å². The van der Waals surface area contributed by atoms with E-state index in [4.69, 9.17) is 0 Å². The van der Waals surface area contributed by atoms with Gasteiger partial charge in [-0.3, -0.25) is 4.79 Å². The third kappa shape index (κ3) is 4.62. The Balaban J connectivity index is 0.00000261. The molecule has 0 bridgehead atoms. The van der Waals surface area contributed by atoms with Gasteiger partial charge < -0.3 is 10.6 Å². The summed E-state index contributed by atoms with van der Waals surface area (Å²) in [7, 11) is 0. The van der Waals surface area contributed by atoms with E-state index in [1.54, 1.807) is 19.9 Å². The Hall–Kier alpha value is -2.05. The van der Waals surface area contributed by atoms with Crippen LogP contribution < -0.4 is 10.6 Å². The zero-order valence-corrected chi connectivity index (χ0v) is 15.9. The van der Waals surface area contributed by atoms with E-state index in [2.05, 4.69) is 10.6 Å². The Morgan fingerprint density at radius 3 is 2.41 bits per heavy atom. The van der Waals surface area contributed by atoms with E-state index in [0.717, 1.165) is 30.8 Å². The molecule has 3 rings (SSSR count). The summed E-state index contributed by atoms with van der Waals surface area (Å²) in [5.74, 6) is -0.310. The van der Waals surface area contributed by atoms with Gasteiger partial charge in [-0.15, -0.1) is 12.4 Å². The first-order chi connectivity index (χ1) is 12.2. The summed E-state index contributed by atoms with van der Waals surface area (Å²) in [5, 5.41) is 6.11. The molecule has 0 radical (unpaired) electrons. The van der Waals surface area contributed by atoms with Gasteiger partial charge in [-0.05, 0) is 42.2 Å². The summed E-state index contributed by atoms with van der Waals surface area (Å²) in [4.78, 5) is 12.6. The first kappa shape index (κ1) is 21.3. The highest BCUT2D eigenvalue weighted by molar-refractivity contribution is 5.87. The number of amides is 1. The quantitative estimate of drug-likeness (QED) is 0.805. The van der Waals surface area contributed by atoms with E-state index >= 15 is 0 Å². The van der Waals surface area contributed by atoms with Gasteiger partial charge in [-0.1, -0.05) is 36.4 Å². The lowest BCUT2D eigenvalue weighted by molar-refractivity contribution is -0.138. The van der Waals surface area contributed by atoms with E-state index in [1.165, 1.54) is 17.2 Å². The summed E-state index contributed by atoms with van der Waals surface area (Å²) < 4.78 is 38.8. The van der Waals surface area contributed by atoms with E-state index in [0.29, 0.717) is 12.1 Å². The molecule has 1 aliphatic heterocycles. The van der Waals surface area contributed by atoms with E-state index in [-0.39, 0.29) is 18.3 Å². The molecule has 0 atom stereocenters. The number of carbonyl (C=O) groups excluding carboxylic acids is 1. The Morgan fingerprint density at radius 1 is 1.04 bits per heavy atom. The van der Waals surface area contributed by atoms with E-state index < -0.39 is 17.2 Å². The first-order valence-corrected chi connectivity index (χ1v) is 8.45. The molecule has 0 aromatic heterocycles.